The minimum atomic E-state index is -0.0781. The third kappa shape index (κ3) is 3.35. The van der Waals surface area contributed by atoms with Crippen LogP contribution in [0.1, 0.15) is 0 Å². The van der Waals surface area contributed by atoms with Crippen molar-refractivity contribution in [1.29, 1.82) is 0 Å². The lowest BCUT2D eigenvalue weighted by molar-refractivity contribution is -0.116. The van der Waals surface area contributed by atoms with Crippen LogP contribution >= 0.6 is 11.8 Å². The van der Waals surface area contributed by atoms with Gasteiger partial charge in [-0.05, 0) is 36.6 Å². The van der Waals surface area contributed by atoms with Crippen molar-refractivity contribution >= 4 is 23.4 Å². The first-order valence-electron chi connectivity index (χ1n) is 5.19. The number of hydrogen-bond acceptors (Lipinski definition) is 3. The lowest BCUT2D eigenvalue weighted by Gasteiger charge is -2.05. The van der Waals surface area contributed by atoms with E-state index in [-0.39, 0.29) is 12.5 Å². The van der Waals surface area contributed by atoms with Gasteiger partial charge in [0.25, 0.3) is 0 Å². The van der Waals surface area contributed by atoms with Crippen molar-refractivity contribution < 1.29 is 4.79 Å². The molecule has 1 aromatic heterocycles. The van der Waals surface area contributed by atoms with Crippen molar-refractivity contribution in [2.45, 2.75) is 11.4 Å². The molecule has 0 aliphatic carbocycles. The lowest BCUT2D eigenvalue weighted by Crippen LogP contribution is -2.18. The van der Waals surface area contributed by atoms with Gasteiger partial charge in [0.15, 0.2) is 0 Å². The predicted molar refractivity (Wildman–Crippen MR) is 69.1 cm³/mol. The van der Waals surface area contributed by atoms with Crippen LogP contribution in [0.25, 0.3) is 0 Å². The number of amides is 1. The molecule has 0 unspecified atom stereocenters. The van der Waals surface area contributed by atoms with E-state index in [1.54, 1.807) is 34.9 Å². The van der Waals surface area contributed by atoms with E-state index in [0.29, 0.717) is 0 Å². The molecule has 17 heavy (non-hydrogen) atoms. The van der Waals surface area contributed by atoms with E-state index in [1.165, 1.54) is 4.90 Å². The number of nitrogens with one attached hydrogen (secondary N) is 1. The molecule has 88 valence electrons. The van der Waals surface area contributed by atoms with Crippen molar-refractivity contribution in [3.63, 3.8) is 0 Å². The van der Waals surface area contributed by atoms with Crippen molar-refractivity contribution in [2.75, 3.05) is 11.6 Å². The number of aromatic nitrogens is 2. The molecule has 4 nitrogen and oxygen atoms in total. The maximum absolute atomic E-state index is 11.7. The molecule has 1 amide bonds. The van der Waals surface area contributed by atoms with E-state index in [9.17, 15) is 4.79 Å². The van der Waals surface area contributed by atoms with Crippen LogP contribution in [0.2, 0.25) is 0 Å². The summed E-state index contributed by atoms with van der Waals surface area (Å²) >= 11 is 1.67. The van der Waals surface area contributed by atoms with E-state index in [4.69, 9.17) is 0 Å². The van der Waals surface area contributed by atoms with Crippen LogP contribution in [0.15, 0.2) is 47.6 Å². The summed E-state index contributed by atoms with van der Waals surface area (Å²) in [5.74, 6) is -0.0781. The third-order valence-electron chi connectivity index (χ3n) is 2.24. The standard InChI is InChI=1S/C12H13N3OS/c1-17-11-5-3-10(4-6-11)14-12(16)9-15-8-2-7-13-15/h2-8H,9H2,1H3,(H,14,16). The van der Waals surface area contributed by atoms with Gasteiger partial charge in [-0.15, -0.1) is 11.8 Å². The SMILES string of the molecule is CSc1ccc(NC(=O)Cn2cccn2)cc1. The van der Waals surface area contributed by atoms with Gasteiger partial charge in [-0.25, -0.2) is 0 Å². The Balaban J connectivity index is 1.93. The maximum atomic E-state index is 11.7. The molecule has 0 aliphatic heterocycles. The van der Waals surface area contributed by atoms with Crippen LogP contribution < -0.4 is 5.32 Å². The van der Waals surface area contributed by atoms with Crippen LogP contribution in [-0.4, -0.2) is 21.9 Å². The van der Waals surface area contributed by atoms with Crippen molar-refractivity contribution in [1.82, 2.24) is 9.78 Å². The first-order valence-corrected chi connectivity index (χ1v) is 6.42. The van der Waals surface area contributed by atoms with Crippen LogP contribution in [-0.2, 0) is 11.3 Å². The fraction of sp³-hybridized carbons (Fsp3) is 0.167. The van der Waals surface area contributed by atoms with Crippen LogP contribution in [0.5, 0.6) is 0 Å². The summed E-state index contributed by atoms with van der Waals surface area (Å²) in [4.78, 5) is 12.8. The number of benzene rings is 1. The van der Waals surface area contributed by atoms with Gasteiger partial charge in [-0.3, -0.25) is 9.48 Å². The first-order chi connectivity index (χ1) is 8.28. The minimum Gasteiger partial charge on any atom is -0.324 e. The summed E-state index contributed by atoms with van der Waals surface area (Å²) in [6, 6.07) is 9.54. The van der Waals surface area contributed by atoms with Crippen LogP contribution in [0.4, 0.5) is 5.69 Å². The topological polar surface area (TPSA) is 46.9 Å². The Morgan fingerprint density at radius 3 is 2.76 bits per heavy atom. The second kappa shape index (κ2) is 5.54. The van der Waals surface area contributed by atoms with Crippen molar-refractivity contribution in [3.05, 3.63) is 42.7 Å². The molecule has 5 heteroatoms. The highest BCUT2D eigenvalue weighted by Gasteiger charge is 2.03. The second-order valence-electron chi connectivity index (χ2n) is 3.48. The first kappa shape index (κ1) is 11.7. The smallest absolute Gasteiger partial charge is 0.246 e. The zero-order valence-electron chi connectivity index (χ0n) is 9.46. The predicted octanol–water partition coefficient (Wildman–Crippen LogP) is 2.24. The van der Waals surface area contributed by atoms with Gasteiger partial charge in [0, 0.05) is 23.0 Å². The van der Waals surface area contributed by atoms with Gasteiger partial charge in [-0.1, -0.05) is 0 Å². The lowest BCUT2D eigenvalue weighted by atomic mass is 10.3. The average molecular weight is 247 g/mol. The number of nitrogens with zero attached hydrogens (tertiary/aromatic N) is 2. The quantitative estimate of drug-likeness (QED) is 0.843. The Morgan fingerprint density at radius 1 is 1.41 bits per heavy atom. The largest absolute Gasteiger partial charge is 0.324 e. The second-order valence-corrected chi connectivity index (χ2v) is 4.36. The summed E-state index contributed by atoms with van der Waals surface area (Å²) in [6.07, 6.45) is 5.43. The zero-order chi connectivity index (χ0) is 12.1. The molecule has 0 saturated carbocycles. The summed E-state index contributed by atoms with van der Waals surface area (Å²) in [6.45, 7) is 0.233. The van der Waals surface area contributed by atoms with Gasteiger partial charge in [0.05, 0.1) is 0 Å². The monoisotopic (exact) mass is 247 g/mol. The summed E-state index contributed by atoms with van der Waals surface area (Å²) in [7, 11) is 0. The Hall–Kier alpha value is -1.75. The number of anilines is 1. The molecule has 0 saturated heterocycles. The van der Waals surface area contributed by atoms with E-state index in [0.717, 1.165) is 5.69 Å². The van der Waals surface area contributed by atoms with Crippen LogP contribution in [0, 0.1) is 0 Å². The van der Waals surface area contributed by atoms with E-state index in [1.807, 2.05) is 30.5 Å². The zero-order valence-corrected chi connectivity index (χ0v) is 10.3. The summed E-state index contributed by atoms with van der Waals surface area (Å²) in [5, 5.41) is 6.80. The van der Waals surface area contributed by atoms with Gasteiger partial charge in [0.1, 0.15) is 6.54 Å². The fourth-order valence-corrected chi connectivity index (χ4v) is 1.82. The van der Waals surface area contributed by atoms with E-state index >= 15 is 0 Å². The fourth-order valence-electron chi connectivity index (χ4n) is 1.42. The minimum absolute atomic E-state index is 0.0781. The molecule has 0 spiro atoms. The molecule has 2 rings (SSSR count). The van der Waals surface area contributed by atoms with Crippen molar-refractivity contribution in [3.8, 4) is 0 Å². The van der Waals surface area contributed by atoms with Gasteiger partial charge in [-0.2, -0.15) is 5.10 Å². The number of hydrogen-bond donors (Lipinski definition) is 1. The molecule has 2 aromatic rings. The molecular weight excluding hydrogens is 234 g/mol. The third-order valence-corrected chi connectivity index (χ3v) is 2.98. The van der Waals surface area contributed by atoms with Gasteiger partial charge in [0.2, 0.25) is 5.91 Å². The molecule has 0 radical (unpaired) electrons. The number of carbonyl (C=O) groups excluding carboxylic acids is 1. The summed E-state index contributed by atoms with van der Waals surface area (Å²) in [5.41, 5.74) is 0.806. The average Bonchev–Trinajstić information content (AvgIpc) is 2.82. The Bertz CT molecular complexity index is 479. The number of thioether (sulfide) groups is 1. The Kier molecular flexibility index (Phi) is 3.82. The highest BCUT2D eigenvalue weighted by Crippen LogP contribution is 2.17. The van der Waals surface area contributed by atoms with Crippen molar-refractivity contribution in [2.24, 2.45) is 0 Å². The highest BCUT2D eigenvalue weighted by molar-refractivity contribution is 7.98. The molecule has 1 heterocycles. The molecule has 0 bridgehead atoms. The van der Waals surface area contributed by atoms with Crippen LogP contribution in [0.3, 0.4) is 0 Å². The molecule has 0 atom stereocenters. The molecule has 0 aliphatic rings. The Labute approximate surface area is 104 Å². The molecule has 1 aromatic carbocycles. The van der Waals surface area contributed by atoms with E-state index in [2.05, 4.69) is 10.4 Å². The number of carbonyl (C=O) groups is 1. The highest BCUT2D eigenvalue weighted by atomic mass is 32.2. The molecular formula is C12H13N3OS. The number of rotatable bonds is 4. The molecule has 1 N–H and O–H groups in total. The summed E-state index contributed by atoms with van der Waals surface area (Å²) < 4.78 is 1.59. The normalized spacial score (nSPS) is 10.2. The maximum Gasteiger partial charge on any atom is 0.246 e. The Morgan fingerprint density at radius 2 is 2.18 bits per heavy atom. The van der Waals surface area contributed by atoms with E-state index < -0.39 is 0 Å². The van der Waals surface area contributed by atoms with Gasteiger partial charge < -0.3 is 5.32 Å². The molecule has 0 fully saturated rings. The van der Waals surface area contributed by atoms with Gasteiger partial charge >= 0.3 is 0 Å².